The molecule has 0 aliphatic rings. The molecule has 0 atom stereocenters. The third-order valence-corrected chi connectivity index (χ3v) is 1.92. The minimum absolute atomic E-state index is 0. The fraction of sp³-hybridized carbons (Fsp3) is 0.375. The van der Waals surface area contributed by atoms with Crippen molar-refractivity contribution in [3.8, 4) is 0 Å². The van der Waals surface area contributed by atoms with Gasteiger partial charge in [-0.1, -0.05) is 0 Å². The van der Waals surface area contributed by atoms with Crippen molar-refractivity contribution in [2.75, 3.05) is 13.1 Å². The number of alkyl halides is 2. The maximum absolute atomic E-state index is 12.7. The number of nitrogens with two attached hydrogens (primary N) is 1. The van der Waals surface area contributed by atoms with E-state index in [9.17, 15) is 23.7 Å². The predicted molar refractivity (Wildman–Crippen MR) is 61.0 cm³/mol. The molecule has 0 aromatic carbocycles. The molecule has 1 aromatic rings. The fourth-order valence-electron chi connectivity index (χ4n) is 1.000. The Morgan fingerprint density at radius 3 is 2.61 bits per heavy atom. The highest BCUT2D eigenvalue weighted by atomic mass is 35.5. The van der Waals surface area contributed by atoms with Gasteiger partial charge in [-0.15, -0.1) is 12.4 Å². The van der Waals surface area contributed by atoms with E-state index in [1.54, 1.807) is 0 Å². The molecule has 102 valence electrons. The number of amides is 1. The van der Waals surface area contributed by atoms with Crippen LogP contribution in [0, 0.1) is 10.1 Å². The van der Waals surface area contributed by atoms with Crippen LogP contribution in [-0.2, 0) is 0 Å². The molecular weight excluding hydrogens is 274 g/mol. The molecule has 1 heterocycles. The largest absolute Gasteiger partial charge is 0.358 e. The van der Waals surface area contributed by atoms with Gasteiger partial charge in [-0.25, -0.2) is 13.8 Å². The quantitative estimate of drug-likeness (QED) is 0.544. The normalized spacial score (nSPS) is 10.6. The van der Waals surface area contributed by atoms with Crippen molar-refractivity contribution >= 4 is 24.1 Å². The number of hydrogen-bond acceptors (Lipinski definition) is 4. The summed E-state index contributed by atoms with van der Waals surface area (Å²) in [7, 11) is 0. The first kappa shape index (κ1) is 16.3. The van der Waals surface area contributed by atoms with Crippen molar-refractivity contribution in [2.24, 2.45) is 5.73 Å². The first-order chi connectivity index (χ1) is 7.85. The lowest BCUT2D eigenvalue weighted by molar-refractivity contribution is -0.389. The average molecular weight is 285 g/mol. The molecule has 0 bridgehead atoms. The summed E-state index contributed by atoms with van der Waals surface area (Å²) >= 11 is 0. The standard InChI is InChI=1S/C8H10F2N4O3.ClH/c9-8(10,3-11)4-12-7(15)5-1-2-6(13-5)14(16)17;/h1-2,13H,3-4,11H2,(H,12,15);1H. The van der Waals surface area contributed by atoms with Crippen molar-refractivity contribution in [3.05, 3.63) is 27.9 Å². The molecule has 0 aliphatic carbocycles. The van der Waals surface area contributed by atoms with Crippen LogP contribution in [0.2, 0.25) is 0 Å². The number of nitrogens with zero attached hydrogens (tertiary/aromatic N) is 1. The van der Waals surface area contributed by atoms with Crippen molar-refractivity contribution < 1.29 is 18.5 Å². The number of nitrogens with one attached hydrogen (secondary N) is 2. The molecule has 10 heteroatoms. The van der Waals surface area contributed by atoms with E-state index in [1.165, 1.54) is 0 Å². The number of nitro groups is 1. The average Bonchev–Trinajstić information content (AvgIpc) is 2.75. The Balaban J connectivity index is 0.00000289. The third-order valence-electron chi connectivity index (χ3n) is 1.92. The summed E-state index contributed by atoms with van der Waals surface area (Å²) in [6.07, 6.45) is 0. The number of carbonyl (C=O) groups excluding carboxylic acids is 1. The molecule has 0 radical (unpaired) electrons. The molecule has 4 N–H and O–H groups in total. The number of aromatic amines is 1. The van der Waals surface area contributed by atoms with Gasteiger partial charge in [-0.2, -0.15) is 0 Å². The number of halogens is 3. The molecule has 1 rings (SSSR count). The lowest BCUT2D eigenvalue weighted by Crippen LogP contribution is -2.41. The van der Waals surface area contributed by atoms with E-state index in [0.29, 0.717) is 0 Å². The van der Waals surface area contributed by atoms with E-state index in [1.807, 2.05) is 5.32 Å². The molecular formula is C8H11ClF2N4O3. The monoisotopic (exact) mass is 284 g/mol. The van der Waals surface area contributed by atoms with Gasteiger partial charge >= 0.3 is 5.82 Å². The highest BCUT2D eigenvalue weighted by Crippen LogP contribution is 2.11. The topological polar surface area (TPSA) is 114 Å². The van der Waals surface area contributed by atoms with Crippen LogP contribution in [0.3, 0.4) is 0 Å². The van der Waals surface area contributed by atoms with Gasteiger partial charge in [-0.3, -0.25) is 4.79 Å². The highest BCUT2D eigenvalue weighted by molar-refractivity contribution is 5.92. The first-order valence-corrected chi connectivity index (χ1v) is 4.55. The van der Waals surface area contributed by atoms with Gasteiger partial charge in [0.25, 0.3) is 11.8 Å². The molecule has 1 amide bonds. The zero-order chi connectivity index (χ0) is 13.1. The van der Waals surface area contributed by atoms with Gasteiger partial charge < -0.3 is 21.2 Å². The van der Waals surface area contributed by atoms with Crippen LogP contribution in [0.5, 0.6) is 0 Å². The van der Waals surface area contributed by atoms with Crippen LogP contribution < -0.4 is 11.1 Å². The smallest absolute Gasteiger partial charge is 0.321 e. The number of H-pyrrole nitrogens is 1. The van der Waals surface area contributed by atoms with Crippen LogP contribution in [0.25, 0.3) is 0 Å². The second-order valence-electron chi connectivity index (χ2n) is 3.26. The third kappa shape index (κ3) is 4.26. The summed E-state index contributed by atoms with van der Waals surface area (Å²) < 4.78 is 25.4. The summed E-state index contributed by atoms with van der Waals surface area (Å²) in [6, 6.07) is 2.20. The molecule has 0 saturated carbocycles. The van der Waals surface area contributed by atoms with Crippen molar-refractivity contribution in [3.63, 3.8) is 0 Å². The van der Waals surface area contributed by atoms with Gasteiger partial charge in [0.05, 0.1) is 13.1 Å². The van der Waals surface area contributed by atoms with Crippen molar-refractivity contribution in [2.45, 2.75) is 5.92 Å². The van der Waals surface area contributed by atoms with Crippen LogP contribution in [-0.4, -0.2) is 34.8 Å². The molecule has 1 aromatic heterocycles. The summed E-state index contributed by atoms with van der Waals surface area (Å²) in [5, 5.41) is 12.2. The van der Waals surface area contributed by atoms with E-state index < -0.39 is 29.8 Å². The van der Waals surface area contributed by atoms with E-state index in [4.69, 9.17) is 5.73 Å². The molecule has 0 spiro atoms. The Bertz CT molecular complexity index is 438. The molecule has 18 heavy (non-hydrogen) atoms. The maximum Gasteiger partial charge on any atom is 0.321 e. The zero-order valence-electron chi connectivity index (χ0n) is 8.98. The Hall–Kier alpha value is -1.74. The molecule has 0 saturated heterocycles. The van der Waals surface area contributed by atoms with Crippen molar-refractivity contribution in [1.82, 2.24) is 10.3 Å². The SMILES string of the molecule is Cl.NCC(F)(F)CNC(=O)c1ccc([N+](=O)[O-])[nH]1. The first-order valence-electron chi connectivity index (χ1n) is 4.55. The second-order valence-corrected chi connectivity index (χ2v) is 3.26. The minimum Gasteiger partial charge on any atom is -0.358 e. The van der Waals surface area contributed by atoms with Crippen LogP contribution in [0.4, 0.5) is 14.6 Å². The van der Waals surface area contributed by atoms with Gasteiger partial charge in [0.15, 0.2) is 5.69 Å². The van der Waals surface area contributed by atoms with Gasteiger partial charge in [0.1, 0.15) is 0 Å². The van der Waals surface area contributed by atoms with E-state index in [0.717, 1.165) is 12.1 Å². The summed E-state index contributed by atoms with van der Waals surface area (Å²) in [5.74, 6) is -4.44. The number of rotatable bonds is 5. The number of carbonyl (C=O) groups is 1. The van der Waals surface area contributed by atoms with Crippen LogP contribution in [0.15, 0.2) is 12.1 Å². The number of hydrogen-bond donors (Lipinski definition) is 3. The zero-order valence-corrected chi connectivity index (χ0v) is 9.80. The van der Waals surface area contributed by atoms with Gasteiger partial charge in [-0.05, 0) is 11.0 Å². The van der Waals surface area contributed by atoms with E-state index >= 15 is 0 Å². The van der Waals surface area contributed by atoms with Gasteiger partial charge in [0, 0.05) is 6.07 Å². The lowest BCUT2D eigenvalue weighted by atomic mass is 10.3. The molecule has 0 aliphatic heterocycles. The summed E-state index contributed by atoms with van der Waals surface area (Å²) in [5.41, 5.74) is 4.61. The Labute approximate surface area is 106 Å². The maximum atomic E-state index is 12.7. The highest BCUT2D eigenvalue weighted by Gasteiger charge is 2.28. The van der Waals surface area contributed by atoms with Crippen LogP contribution in [0.1, 0.15) is 10.5 Å². The number of aromatic nitrogens is 1. The lowest BCUT2D eigenvalue weighted by Gasteiger charge is -2.13. The molecule has 7 nitrogen and oxygen atoms in total. The molecule has 0 fully saturated rings. The summed E-state index contributed by atoms with van der Waals surface area (Å²) in [4.78, 5) is 23.1. The Morgan fingerprint density at radius 2 is 2.17 bits per heavy atom. The van der Waals surface area contributed by atoms with Crippen LogP contribution >= 0.6 is 12.4 Å². The Kier molecular flexibility index (Phi) is 5.66. The van der Waals surface area contributed by atoms with E-state index in [2.05, 4.69) is 4.98 Å². The second kappa shape index (κ2) is 6.26. The summed E-state index contributed by atoms with van der Waals surface area (Å²) in [6.45, 7) is -1.81. The minimum atomic E-state index is -3.20. The Morgan fingerprint density at radius 1 is 1.56 bits per heavy atom. The molecule has 0 unspecified atom stereocenters. The van der Waals surface area contributed by atoms with Crippen molar-refractivity contribution in [1.29, 1.82) is 0 Å². The predicted octanol–water partition coefficient (Wildman–Crippen LogP) is 0.668. The van der Waals surface area contributed by atoms with E-state index in [-0.39, 0.29) is 23.9 Å². The van der Waals surface area contributed by atoms with Gasteiger partial charge in [0.2, 0.25) is 0 Å². The fourth-order valence-corrected chi connectivity index (χ4v) is 1.000.